The van der Waals surface area contributed by atoms with Crippen LogP contribution in [0.5, 0.6) is 0 Å². The minimum Gasteiger partial charge on any atom is -0.368 e. The van der Waals surface area contributed by atoms with E-state index in [4.69, 9.17) is 11.5 Å². The van der Waals surface area contributed by atoms with Crippen LogP contribution in [0.15, 0.2) is 0 Å². The first kappa shape index (κ1) is 13.0. The zero-order valence-corrected chi connectivity index (χ0v) is 10.8. The molecule has 1 aromatic rings. The van der Waals surface area contributed by atoms with Crippen molar-refractivity contribution in [1.82, 2.24) is 25.2 Å². The lowest BCUT2D eigenvalue weighted by molar-refractivity contribution is 0.173. The summed E-state index contributed by atoms with van der Waals surface area (Å²) in [6.45, 7) is 3.93. The molecular weight excluding hydrogens is 230 g/mol. The second-order valence-corrected chi connectivity index (χ2v) is 4.75. The molecule has 0 radical (unpaired) electrons. The molecule has 1 aliphatic heterocycles. The molecule has 1 fully saturated rings. The predicted molar refractivity (Wildman–Crippen MR) is 70.6 cm³/mol. The molecule has 1 saturated heterocycles. The van der Waals surface area contributed by atoms with Crippen LogP contribution in [0.4, 0.5) is 11.9 Å². The number of piperidine rings is 1. The molecule has 0 aliphatic carbocycles. The minimum atomic E-state index is 0.197. The van der Waals surface area contributed by atoms with Crippen LogP contribution in [0.2, 0.25) is 0 Å². The Morgan fingerprint density at radius 2 is 1.78 bits per heavy atom. The molecule has 0 amide bonds. The van der Waals surface area contributed by atoms with Gasteiger partial charge in [0, 0.05) is 0 Å². The maximum atomic E-state index is 5.56. The van der Waals surface area contributed by atoms with Crippen LogP contribution in [0.25, 0.3) is 0 Å². The number of rotatable bonds is 4. The first-order valence-electron chi connectivity index (χ1n) is 6.30. The summed E-state index contributed by atoms with van der Waals surface area (Å²) in [5.41, 5.74) is 11.1. The number of hydrogen-bond donors (Lipinski definition) is 3. The van der Waals surface area contributed by atoms with E-state index < -0.39 is 0 Å². The second-order valence-electron chi connectivity index (χ2n) is 4.75. The molecule has 7 heteroatoms. The number of nitrogens with two attached hydrogens (primary N) is 2. The molecule has 2 heterocycles. The molecule has 18 heavy (non-hydrogen) atoms. The molecule has 0 spiro atoms. The van der Waals surface area contributed by atoms with Crippen LogP contribution in [0, 0.1) is 5.92 Å². The summed E-state index contributed by atoms with van der Waals surface area (Å²) < 4.78 is 0. The van der Waals surface area contributed by atoms with Crippen molar-refractivity contribution in [3.05, 3.63) is 5.82 Å². The Kier molecular flexibility index (Phi) is 4.27. The molecule has 1 aliphatic rings. The summed E-state index contributed by atoms with van der Waals surface area (Å²) in [5, 5.41) is 3.23. The summed E-state index contributed by atoms with van der Waals surface area (Å²) in [6.07, 6.45) is 2.41. The van der Waals surface area contributed by atoms with Gasteiger partial charge in [0.25, 0.3) is 0 Å². The number of nitrogen functional groups attached to an aromatic ring is 2. The largest absolute Gasteiger partial charge is 0.368 e. The minimum absolute atomic E-state index is 0.197. The van der Waals surface area contributed by atoms with Crippen molar-refractivity contribution < 1.29 is 0 Å². The van der Waals surface area contributed by atoms with Crippen molar-refractivity contribution in [2.24, 2.45) is 5.92 Å². The normalized spacial score (nSPS) is 18.1. The molecule has 5 N–H and O–H groups in total. The van der Waals surface area contributed by atoms with E-state index >= 15 is 0 Å². The van der Waals surface area contributed by atoms with Crippen molar-refractivity contribution in [3.8, 4) is 0 Å². The predicted octanol–water partition coefficient (Wildman–Crippen LogP) is -0.533. The van der Waals surface area contributed by atoms with Gasteiger partial charge in [-0.1, -0.05) is 0 Å². The third kappa shape index (κ3) is 3.51. The average molecular weight is 251 g/mol. The Bertz CT molecular complexity index is 367. The second kappa shape index (κ2) is 5.92. The van der Waals surface area contributed by atoms with Crippen molar-refractivity contribution >= 4 is 11.9 Å². The third-order valence-electron chi connectivity index (χ3n) is 3.28. The van der Waals surface area contributed by atoms with Crippen LogP contribution in [-0.4, -0.2) is 46.5 Å². The van der Waals surface area contributed by atoms with Crippen LogP contribution in [-0.2, 0) is 6.54 Å². The molecule has 0 atom stereocenters. The van der Waals surface area contributed by atoms with E-state index in [0.717, 1.165) is 25.6 Å². The van der Waals surface area contributed by atoms with Crippen molar-refractivity contribution in [3.63, 3.8) is 0 Å². The van der Waals surface area contributed by atoms with E-state index in [1.165, 1.54) is 12.8 Å². The number of anilines is 2. The molecular formula is C11H21N7. The summed E-state index contributed by atoms with van der Waals surface area (Å²) in [7, 11) is 2.00. The highest BCUT2D eigenvalue weighted by molar-refractivity contribution is 5.25. The van der Waals surface area contributed by atoms with Gasteiger partial charge in [0.15, 0.2) is 0 Å². The maximum Gasteiger partial charge on any atom is 0.225 e. The summed E-state index contributed by atoms with van der Waals surface area (Å²) in [6, 6.07) is 0. The van der Waals surface area contributed by atoms with E-state index in [9.17, 15) is 0 Å². The first-order valence-corrected chi connectivity index (χ1v) is 6.30. The number of nitrogens with one attached hydrogen (secondary N) is 1. The van der Waals surface area contributed by atoms with E-state index in [2.05, 4.69) is 25.2 Å². The van der Waals surface area contributed by atoms with Crippen molar-refractivity contribution in [2.75, 3.05) is 38.1 Å². The quantitative estimate of drug-likeness (QED) is 0.660. The van der Waals surface area contributed by atoms with Gasteiger partial charge >= 0.3 is 0 Å². The van der Waals surface area contributed by atoms with Gasteiger partial charge in [0.05, 0.1) is 6.54 Å². The summed E-state index contributed by atoms with van der Waals surface area (Å²) in [5.74, 6) is 1.83. The molecule has 2 rings (SSSR count). The molecule has 0 aromatic carbocycles. The van der Waals surface area contributed by atoms with E-state index in [-0.39, 0.29) is 11.9 Å². The van der Waals surface area contributed by atoms with E-state index in [1.807, 2.05) is 7.05 Å². The van der Waals surface area contributed by atoms with Gasteiger partial charge in [0.1, 0.15) is 5.82 Å². The Hall–Kier alpha value is -1.47. The highest BCUT2D eigenvalue weighted by Gasteiger charge is 2.19. The Labute approximate surface area is 107 Å². The van der Waals surface area contributed by atoms with Gasteiger partial charge in [-0.2, -0.15) is 15.0 Å². The Balaban J connectivity index is 1.87. The Morgan fingerprint density at radius 1 is 1.17 bits per heavy atom. The van der Waals surface area contributed by atoms with Crippen LogP contribution in [0.1, 0.15) is 18.7 Å². The average Bonchev–Trinajstić information content (AvgIpc) is 2.31. The fraction of sp³-hybridized carbons (Fsp3) is 0.727. The SMILES string of the molecule is CNCC1CCN(Cc2nc(N)nc(N)n2)CC1. The van der Waals surface area contributed by atoms with Crippen LogP contribution in [0.3, 0.4) is 0 Å². The highest BCUT2D eigenvalue weighted by atomic mass is 15.2. The molecule has 0 bridgehead atoms. The van der Waals surface area contributed by atoms with Crippen molar-refractivity contribution in [2.45, 2.75) is 19.4 Å². The van der Waals surface area contributed by atoms with Gasteiger partial charge in [-0.3, -0.25) is 4.90 Å². The first-order chi connectivity index (χ1) is 8.67. The molecule has 1 aromatic heterocycles. The number of likely N-dealkylation sites (tertiary alicyclic amines) is 1. The van der Waals surface area contributed by atoms with E-state index in [0.29, 0.717) is 12.4 Å². The molecule has 100 valence electrons. The summed E-state index contributed by atoms with van der Waals surface area (Å²) >= 11 is 0. The zero-order chi connectivity index (χ0) is 13.0. The fourth-order valence-corrected chi connectivity index (χ4v) is 2.36. The molecule has 0 unspecified atom stereocenters. The van der Waals surface area contributed by atoms with Gasteiger partial charge < -0.3 is 16.8 Å². The standard InChI is InChI=1S/C11H21N7/c1-14-6-8-2-4-18(5-3-8)7-9-15-10(12)17-11(13)16-9/h8,14H,2-7H2,1H3,(H4,12,13,15,16,17). The lowest BCUT2D eigenvalue weighted by Gasteiger charge is -2.31. The number of aromatic nitrogens is 3. The maximum absolute atomic E-state index is 5.56. The lowest BCUT2D eigenvalue weighted by atomic mass is 9.97. The van der Waals surface area contributed by atoms with Gasteiger partial charge in [-0.05, 0) is 45.4 Å². The number of nitrogens with zero attached hydrogens (tertiary/aromatic N) is 4. The van der Waals surface area contributed by atoms with Gasteiger partial charge in [0.2, 0.25) is 11.9 Å². The molecule has 0 saturated carbocycles. The third-order valence-corrected chi connectivity index (χ3v) is 3.28. The van der Waals surface area contributed by atoms with Crippen molar-refractivity contribution in [1.29, 1.82) is 0 Å². The van der Waals surface area contributed by atoms with Crippen LogP contribution >= 0.6 is 0 Å². The van der Waals surface area contributed by atoms with Crippen LogP contribution < -0.4 is 16.8 Å². The lowest BCUT2D eigenvalue weighted by Crippen LogP contribution is -2.36. The fourth-order valence-electron chi connectivity index (χ4n) is 2.36. The smallest absolute Gasteiger partial charge is 0.225 e. The summed E-state index contributed by atoms with van der Waals surface area (Å²) in [4.78, 5) is 14.3. The van der Waals surface area contributed by atoms with E-state index in [1.54, 1.807) is 0 Å². The monoisotopic (exact) mass is 251 g/mol. The highest BCUT2D eigenvalue weighted by Crippen LogP contribution is 2.17. The van der Waals surface area contributed by atoms with Gasteiger partial charge in [-0.15, -0.1) is 0 Å². The topological polar surface area (TPSA) is 106 Å². The molecule has 7 nitrogen and oxygen atoms in total. The Morgan fingerprint density at radius 3 is 2.33 bits per heavy atom. The zero-order valence-electron chi connectivity index (χ0n) is 10.8. The number of hydrogen-bond acceptors (Lipinski definition) is 7. The van der Waals surface area contributed by atoms with Gasteiger partial charge in [-0.25, -0.2) is 0 Å².